The van der Waals surface area contributed by atoms with Gasteiger partial charge >= 0.3 is 0 Å². The molecule has 0 bridgehead atoms. The SMILES string of the molecule is CC.CC.CNC(CCCCNC(=O)CN1CCN(CCNC(=O)CC(C)CC(C)(C)C)CC1)C(C)=O. The van der Waals surface area contributed by atoms with Gasteiger partial charge in [0.05, 0.1) is 12.6 Å². The number of ketones is 1. The molecule has 220 valence electrons. The molecule has 3 N–H and O–H groups in total. The van der Waals surface area contributed by atoms with Crippen LogP contribution in [0.3, 0.4) is 0 Å². The van der Waals surface area contributed by atoms with E-state index in [1.807, 2.05) is 27.7 Å². The molecular weight excluding hydrogens is 466 g/mol. The predicted molar refractivity (Wildman–Crippen MR) is 157 cm³/mol. The highest BCUT2D eigenvalue weighted by atomic mass is 16.2. The van der Waals surface area contributed by atoms with Gasteiger partial charge in [0.15, 0.2) is 0 Å². The average molecular weight is 528 g/mol. The Morgan fingerprint density at radius 2 is 1.38 bits per heavy atom. The van der Waals surface area contributed by atoms with Crippen LogP contribution in [0.15, 0.2) is 0 Å². The lowest BCUT2D eigenvalue weighted by Gasteiger charge is -2.34. The summed E-state index contributed by atoms with van der Waals surface area (Å²) in [6.45, 7) is 24.6. The molecule has 0 aromatic carbocycles. The Morgan fingerprint density at radius 1 is 0.838 bits per heavy atom. The van der Waals surface area contributed by atoms with Gasteiger partial charge in [-0.15, -0.1) is 0 Å². The first-order valence-corrected chi connectivity index (χ1v) is 14.7. The molecule has 0 spiro atoms. The lowest BCUT2D eigenvalue weighted by molar-refractivity contribution is -0.123. The Morgan fingerprint density at radius 3 is 1.89 bits per heavy atom. The number of Topliss-reactive ketones (excluding diaryl/α,β-unsaturated/α-hetero) is 1. The lowest BCUT2D eigenvalue weighted by atomic mass is 9.84. The highest BCUT2D eigenvalue weighted by molar-refractivity contribution is 5.81. The molecule has 8 heteroatoms. The topological polar surface area (TPSA) is 93.8 Å². The Balaban J connectivity index is 0. The van der Waals surface area contributed by atoms with Crippen LogP contribution in [-0.2, 0) is 14.4 Å². The third-order valence-corrected chi connectivity index (χ3v) is 6.16. The Hall–Kier alpha value is -1.51. The van der Waals surface area contributed by atoms with E-state index in [1.54, 1.807) is 14.0 Å². The molecule has 1 heterocycles. The van der Waals surface area contributed by atoms with Gasteiger partial charge in [-0.25, -0.2) is 0 Å². The Bertz CT molecular complexity index is 599. The molecule has 0 aromatic rings. The zero-order valence-electron chi connectivity index (χ0n) is 26.0. The second-order valence-electron chi connectivity index (χ2n) is 10.8. The van der Waals surface area contributed by atoms with Crippen LogP contribution in [0.25, 0.3) is 0 Å². The molecule has 0 saturated carbocycles. The molecule has 1 aliphatic heterocycles. The minimum atomic E-state index is -0.0812. The number of unbranched alkanes of at least 4 members (excludes halogenated alkanes) is 1. The van der Waals surface area contributed by atoms with Crippen LogP contribution in [0.1, 0.15) is 94.4 Å². The summed E-state index contributed by atoms with van der Waals surface area (Å²) in [6, 6.07) is -0.0812. The molecule has 2 atom stereocenters. The number of amides is 2. The molecule has 0 aromatic heterocycles. The van der Waals surface area contributed by atoms with Crippen LogP contribution in [0, 0.1) is 11.3 Å². The van der Waals surface area contributed by atoms with Gasteiger partial charge in [0, 0.05) is 52.2 Å². The number of rotatable bonds is 15. The van der Waals surface area contributed by atoms with Gasteiger partial charge in [0.1, 0.15) is 5.78 Å². The minimum absolute atomic E-state index is 0.0665. The van der Waals surface area contributed by atoms with Crippen LogP contribution in [-0.4, -0.2) is 92.8 Å². The predicted octanol–water partition coefficient (Wildman–Crippen LogP) is 3.70. The molecular formula is C29H61N5O3. The average Bonchev–Trinajstić information content (AvgIpc) is 2.83. The van der Waals surface area contributed by atoms with Crippen molar-refractivity contribution in [1.29, 1.82) is 0 Å². The normalized spacial score (nSPS) is 15.8. The number of nitrogens with one attached hydrogen (secondary N) is 3. The molecule has 37 heavy (non-hydrogen) atoms. The fraction of sp³-hybridized carbons (Fsp3) is 0.897. The van der Waals surface area contributed by atoms with Crippen molar-refractivity contribution in [2.75, 3.05) is 59.4 Å². The number of hydrogen-bond donors (Lipinski definition) is 3. The zero-order chi connectivity index (χ0) is 28.9. The molecule has 0 aliphatic carbocycles. The van der Waals surface area contributed by atoms with E-state index < -0.39 is 0 Å². The number of carbonyl (C=O) groups is 3. The van der Waals surface area contributed by atoms with E-state index >= 15 is 0 Å². The summed E-state index contributed by atoms with van der Waals surface area (Å²) in [6.07, 6.45) is 4.24. The summed E-state index contributed by atoms with van der Waals surface area (Å²) in [7, 11) is 1.80. The summed E-state index contributed by atoms with van der Waals surface area (Å²) in [4.78, 5) is 40.3. The maximum Gasteiger partial charge on any atom is 0.234 e. The van der Waals surface area contributed by atoms with Gasteiger partial charge < -0.3 is 16.0 Å². The number of hydrogen-bond acceptors (Lipinski definition) is 6. The first kappa shape index (κ1) is 37.6. The van der Waals surface area contributed by atoms with Gasteiger partial charge in [0.25, 0.3) is 0 Å². The maximum atomic E-state index is 12.2. The highest BCUT2D eigenvalue weighted by Gasteiger charge is 2.20. The monoisotopic (exact) mass is 527 g/mol. The standard InChI is InChI=1S/C25H49N5O3.2C2H6/c1-20(18-25(3,4)5)17-23(32)28-11-12-29-13-15-30(16-14-29)19-24(33)27-10-8-7-9-22(26-6)21(2)31;2*1-2/h20,22,26H,7-19H2,1-6H3,(H,27,33)(H,28,32);2*1-2H3. The molecule has 1 rings (SSSR count). The molecule has 1 fully saturated rings. The van der Waals surface area contributed by atoms with Crippen molar-refractivity contribution in [2.24, 2.45) is 11.3 Å². The summed E-state index contributed by atoms with van der Waals surface area (Å²) in [5.74, 6) is 0.765. The molecule has 0 radical (unpaired) electrons. The fourth-order valence-corrected chi connectivity index (χ4v) is 4.54. The summed E-state index contributed by atoms with van der Waals surface area (Å²) >= 11 is 0. The second-order valence-corrected chi connectivity index (χ2v) is 10.8. The van der Waals surface area contributed by atoms with E-state index in [9.17, 15) is 14.4 Å². The molecule has 2 amide bonds. The molecule has 2 unspecified atom stereocenters. The van der Waals surface area contributed by atoms with Crippen molar-refractivity contribution in [3.63, 3.8) is 0 Å². The highest BCUT2D eigenvalue weighted by Crippen LogP contribution is 2.25. The number of piperazine rings is 1. The first-order chi connectivity index (χ1) is 17.5. The molecule has 8 nitrogen and oxygen atoms in total. The summed E-state index contributed by atoms with van der Waals surface area (Å²) in [5.41, 5.74) is 0.253. The smallest absolute Gasteiger partial charge is 0.234 e. The van der Waals surface area contributed by atoms with Gasteiger partial charge in [-0.2, -0.15) is 0 Å². The fourth-order valence-electron chi connectivity index (χ4n) is 4.54. The van der Waals surface area contributed by atoms with Crippen molar-refractivity contribution in [2.45, 2.75) is 100 Å². The zero-order valence-corrected chi connectivity index (χ0v) is 26.0. The van der Waals surface area contributed by atoms with E-state index in [2.05, 4.69) is 53.4 Å². The van der Waals surface area contributed by atoms with E-state index in [4.69, 9.17) is 0 Å². The van der Waals surface area contributed by atoms with Gasteiger partial charge in [-0.3, -0.25) is 24.2 Å². The third kappa shape index (κ3) is 21.1. The van der Waals surface area contributed by atoms with Crippen LogP contribution in [0.5, 0.6) is 0 Å². The number of carbonyl (C=O) groups excluding carboxylic acids is 3. The van der Waals surface area contributed by atoms with Crippen molar-refractivity contribution < 1.29 is 14.4 Å². The molecule has 1 aliphatic rings. The first-order valence-electron chi connectivity index (χ1n) is 14.7. The lowest BCUT2D eigenvalue weighted by Crippen LogP contribution is -2.50. The third-order valence-electron chi connectivity index (χ3n) is 6.16. The summed E-state index contributed by atoms with van der Waals surface area (Å²) < 4.78 is 0. The van der Waals surface area contributed by atoms with Crippen LogP contribution in [0.4, 0.5) is 0 Å². The van der Waals surface area contributed by atoms with Crippen LogP contribution in [0.2, 0.25) is 0 Å². The number of likely N-dealkylation sites (N-methyl/N-ethyl adjacent to an activating group) is 1. The van der Waals surface area contributed by atoms with Crippen LogP contribution < -0.4 is 16.0 Å². The van der Waals surface area contributed by atoms with E-state index in [-0.39, 0.29) is 29.1 Å². The van der Waals surface area contributed by atoms with Crippen molar-refractivity contribution in [3.8, 4) is 0 Å². The Kier molecular flexibility index (Phi) is 22.9. The number of nitrogens with zero attached hydrogens (tertiary/aromatic N) is 2. The minimum Gasteiger partial charge on any atom is -0.355 e. The quantitative estimate of drug-likeness (QED) is 0.281. The second kappa shape index (κ2) is 22.5. The van der Waals surface area contributed by atoms with Crippen LogP contribution >= 0.6 is 0 Å². The van der Waals surface area contributed by atoms with E-state index in [0.717, 1.165) is 58.4 Å². The van der Waals surface area contributed by atoms with Gasteiger partial charge in [-0.05, 0) is 51.0 Å². The van der Waals surface area contributed by atoms with Gasteiger partial charge in [0.2, 0.25) is 11.8 Å². The summed E-state index contributed by atoms with van der Waals surface area (Å²) in [5, 5.41) is 9.07. The van der Waals surface area contributed by atoms with E-state index in [0.29, 0.717) is 32.0 Å². The Labute approximate surface area is 229 Å². The maximum absolute atomic E-state index is 12.2. The van der Waals surface area contributed by atoms with Crippen molar-refractivity contribution >= 4 is 17.6 Å². The molecule has 1 saturated heterocycles. The largest absolute Gasteiger partial charge is 0.355 e. The van der Waals surface area contributed by atoms with E-state index in [1.165, 1.54) is 0 Å². The van der Waals surface area contributed by atoms with Gasteiger partial charge in [-0.1, -0.05) is 55.4 Å². The van der Waals surface area contributed by atoms with Crippen molar-refractivity contribution in [3.05, 3.63) is 0 Å². The van der Waals surface area contributed by atoms with Crippen molar-refractivity contribution in [1.82, 2.24) is 25.8 Å².